The molecule has 3 heteroatoms. The number of allylic oxidation sites excluding steroid dienone is 2. The quantitative estimate of drug-likeness (QED) is 0.441. The Kier molecular flexibility index (Phi) is 5.84. The molecule has 2 nitrogen and oxygen atoms in total. The van der Waals surface area contributed by atoms with Crippen LogP contribution in [0, 0.1) is 0 Å². The van der Waals surface area contributed by atoms with Crippen molar-refractivity contribution in [3.63, 3.8) is 0 Å². The zero-order valence-corrected chi connectivity index (χ0v) is 11.3. The maximum absolute atomic E-state index is 10.9. The third-order valence-electron chi connectivity index (χ3n) is 2.15. The second-order valence-corrected chi connectivity index (χ2v) is 4.91. The van der Waals surface area contributed by atoms with E-state index in [0.29, 0.717) is 5.76 Å². The highest BCUT2D eigenvalue weighted by Gasteiger charge is 2.07. The first-order valence-corrected chi connectivity index (χ1v) is 6.56. The van der Waals surface area contributed by atoms with Gasteiger partial charge >= 0.3 is 5.97 Å². The number of thioether (sulfide) groups is 1. The molecule has 1 aromatic carbocycles. The number of esters is 1. The Morgan fingerprint density at radius 2 is 1.88 bits per heavy atom. The Hall–Kier alpha value is -1.22. The Morgan fingerprint density at radius 1 is 1.24 bits per heavy atom. The van der Waals surface area contributed by atoms with Gasteiger partial charge in [0.05, 0.1) is 0 Å². The van der Waals surface area contributed by atoms with Crippen molar-refractivity contribution in [2.75, 3.05) is 0 Å². The van der Waals surface area contributed by atoms with Crippen LogP contribution in [0.1, 0.15) is 33.6 Å². The van der Waals surface area contributed by atoms with Gasteiger partial charge < -0.3 is 4.74 Å². The molecule has 0 spiro atoms. The normalized spacial score (nSPS) is 11.9. The maximum atomic E-state index is 10.9. The molecule has 0 aromatic heterocycles. The first kappa shape index (κ1) is 13.8. The van der Waals surface area contributed by atoms with Gasteiger partial charge in [0.2, 0.25) is 0 Å². The van der Waals surface area contributed by atoms with Crippen LogP contribution in [0.5, 0.6) is 0 Å². The van der Waals surface area contributed by atoms with Crippen LogP contribution in [-0.2, 0) is 9.53 Å². The minimum absolute atomic E-state index is 0.259. The summed E-state index contributed by atoms with van der Waals surface area (Å²) < 4.78 is 5.16. The van der Waals surface area contributed by atoms with Crippen molar-refractivity contribution < 1.29 is 9.53 Å². The minimum atomic E-state index is -0.259. The Labute approximate surface area is 107 Å². The molecule has 0 aliphatic rings. The molecule has 0 radical (unpaired) electrons. The topological polar surface area (TPSA) is 26.3 Å². The molecule has 0 fully saturated rings. The first-order valence-electron chi connectivity index (χ1n) is 5.74. The van der Waals surface area contributed by atoms with E-state index in [2.05, 4.69) is 19.1 Å². The predicted molar refractivity (Wildman–Crippen MR) is 71.7 cm³/mol. The average molecular weight is 250 g/mol. The molecule has 0 saturated carbocycles. The monoisotopic (exact) mass is 250 g/mol. The van der Waals surface area contributed by atoms with Crippen LogP contribution in [0.25, 0.3) is 0 Å². The maximum Gasteiger partial charge on any atom is 0.307 e. The van der Waals surface area contributed by atoms with Crippen molar-refractivity contribution in [1.29, 1.82) is 0 Å². The van der Waals surface area contributed by atoms with Crippen molar-refractivity contribution in [2.45, 2.75) is 38.5 Å². The highest BCUT2D eigenvalue weighted by molar-refractivity contribution is 8.03. The molecule has 1 rings (SSSR count). The van der Waals surface area contributed by atoms with Gasteiger partial charge in [0.1, 0.15) is 5.76 Å². The van der Waals surface area contributed by atoms with E-state index in [1.165, 1.54) is 11.8 Å². The third kappa shape index (κ3) is 5.09. The van der Waals surface area contributed by atoms with Gasteiger partial charge in [-0.05, 0) is 25.5 Å². The van der Waals surface area contributed by atoms with Crippen molar-refractivity contribution >= 4 is 17.7 Å². The van der Waals surface area contributed by atoms with Crippen LogP contribution in [0.2, 0.25) is 0 Å². The molecular formula is C14H18O2S. The lowest BCUT2D eigenvalue weighted by Crippen LogP contribution is -1.98. The molecule has 0 unspecified atom stereocenters. The molecule has 92 valence electrons. The summed E-state index contributed by atoms with van der Waals surface area (Å²) in [6.07, 6.45) is 1.96. The average Bonchev–Trinajstić information content (AvgIpc) is 2.29. The van der Waals surface area contributed by atoms with Gasteiger partial charge in [0.15, 0.2) is 0 Å². The van der Waals surface area contributed by atoms with Crippen LogP contribution in [-0.4, -0.2) is 5.97 Å². The van der Waals surface area contributed by atoms with Gasteiger partial charge in [-0.15, -0.1) is 0 Å². The van der Waals surface area contributed by atoms with Crippen LogP contribution >= 0.6 is 11.8 Å². The van der Waals surface area contributed by atoms with E-state index in [1.54, 1.807) is 11.8 Å². The molecule has 17 heavy (non-hydrogen) atoms. The van der Waals surface area contributed by atoms with Crippen molar-refractivity contribution in [3.05, 3.63) is 41.0 Å². The third-order valence-corrected chi connectivity index (χ3v) is 3.40. The van der Waals surface area contributed by atoms with Crippen LogP contribution in [0.15, 0.2) is 45.9 Å². The van der Waals surface area contributed by atoms with Crippen molar-refractivity contribution in [3.8, 4) is 0 Å². The van der Waals surface area contributed by atoms with Crippen LogP contribution in [0.4, 0.5) is 0 Å². The Bertz CT molecular complexity index is 396. The number of carbonyl (C=O) groups is 1. The predicted octanol–water partition coefficient (Wildman–Crippen LogP) is 4.37. The molecule has 0 amide bonds. The summed E-state index contributed by atoms with van der Waals surface area (Å²) in [7, 11) is 0. The molecule has 0 aliphatic carbocycles. The smallest absolute Gasteiger partial charge is 0.307 e. The number of ether oxygens (including phenoxy) is 1. The molecule has 0 atom stereocenters. The summed E-state index contributed by atoms with van der Waals surface area (Å²) in [4.78, 5) is 13.2. The number of carbonyl (C=O) groups excluding carboxylic acids is 1. The molecule has 0 N–H and O–H groups in total. The van der Waals surface area contributed by atoms with E-state index in [4.69, 9.17) is 4.74 Å². The van der Waals surface area contributed by atoms with E-state index in [-0.39, 0.29) is 5.97 Å². The lowest BCUT2D eigenvalue weighted by molar-refractivity contribution is -0.136. The van der Waals surface area contributed by atoms with Crippen molar-refractivity contribution in [2.24, 2.45) is 0 Å². The fourth-order valence-corrected chi connectivity index (χ4v) is 2.50. The number of hydrogen-bond acceptors (Lipinski definition) is 3. The largest absolute Gasteiger partial charge is 0.431 e. The zero-order valence-electron chi connectivity index (χ0n) is 10.5. The molecule has 0 heterocycles. The standard InChI is InChI=1S/C14H18O2S/c1-4-8-14(11(2)16-12(3)15)17-13-9-6-5-7-10-13/h5-7,9-10H,4,8H2,1-3H3/b14-11+. The van der Waals surface area contributed by atoms with Gasteiger partial charge in [-0.25, -0.2) is 0 Å². The summed E-state index contributed by atoms with van der Waals surface area (Å²) in [5.74, 6) is 0.456. The van der Waals surface area contributed by atoms with E-state index in [0.717, 1.165) is 17.7 Å². The number of benzene rings is 1. The number of hydrogen-bond donors (Lipinski definition) is 0. The van der Waals surface area contributed by atoms with Gasteiger partial charge in [-0.2, -0.15) is 0 Å². The molecular weight excluding hydrogens is 232 g/mol. The fourth-order valence-electron chi connectivity index (χ4n) is 1.43. The molecule has 0 saturated heterocycles. The first-order chi connectivity index (χ1) is 8.13. The lowest BCUT2D eigenvalue weighted by Gasteiger charge is -2.10. The summed E-state index contributed by atoms with van der Waals surface area (Å²) in [5, 5.41) is 0. The molecule has 0 aliphatic heterocycles. The Morgan fingerprint density at radius 3 is 2.41 bits per heavy atom. The Balaban J connectivity index is 2.82. The zero-order chi connectivity index (χ0) is 12.7. The van der Waals surface area contributed by atoms with E-state index in [1.807, 2.05) is 25.1 Å². The second kappa shape index (κ2) is 7.17. The van der Waals surface area contributed by atoms with Gasteiger partial charge in [0.25, 0.3) is 0 Å². The lowest BCUT2D eigenvalue weighted by atomic mass is 10.3. The minimum Gasteiger partial charge on any atom is -0.431 e. The van der Waals surface area contributed by atoms with Crippen LogP contribution in [0.3, 0.4) is 0 Å². The summed E-state index contributed by atoms with van der Waals surface area (Å²) >= 11 is 1.67. The van der Waals surface area contributed by atoms with Gasteiger partial charge in [-0.3, -0.25) is 4.79 Å². The fraction of sp³-hybridized carbons (Fsp3) is 0.357. The van der Waals surface area contributed by atoms with Gasteiger partial charge in [0, 0.05) is 16.7 Å². The molecule has 1 aromatic rings. The van der Waals surface area contributed by atoms with Gasteiger partial charge in [-0.1, -0.05) is 43.3 Å². The molecule has 0 bridgehead atoms. The number of rotatable bonds is 5. The van der Waals surface area contributed by atoms with E-state index < -0.39 is 0 Å². The van der Waals surface area contributed by atoms with Crippen molar-refractivity contribution in [1.82, 2.24) is 0 Å². The van der Waals surface area contributed by atoms with Crippen LogP contribution < -0.4 is 0 Å². The highest BCUT2D eigenvalue weighted by Crippen LogP contribution is 2.32. The summed E-state index contributed by atoms with van der Waals surface area (Å²) in [5.41, 5.74) is 0. The SMILES string of the molecule is CCC/C(Sc1ccccc1)=C(/C)OC(C)=O. The summed E-state index contributed by atoms with van der Waals surface area (Å²) in [6.45, 7) is 5.40. The summed E-state index contributed by atoms with van der Waals surface area (Å²) in [6, 6.07) is 10.1. The highest BCUT2D eigenvalue weighted by atomic mass is 32.2. The van der Waals surface area contributed by atoms with E-state index in [9.17, 15) is 4.79 Å². The second-order valence-electron chi connectivity index (χ2n) is 3.74. The van der Waals surface area contributed by atoms with E-state index >= 15 is 0 Å².